The van der Waals surface area contributed by atoms with Crippen LogP contribution in [0.1, 0.15) is 35.2 Å². The van der Waals surface area contributed by atoms with E-state index in [-0.39, 0.29) is 5.91 Å². The summed E-state index contributed by atoms with van der Waals surface area (Å²) in [6.45, 7) is 3.74. The number of hydrogen-bond acceptors (Lipinski definition) is 2. The first kappa shape index (κ1) is 13.6. The predicted molar refractivity (Wildman–Crippen MR) is 76.9 cm³/mol. The Morgan fingerprint density at radius 2 is 2.33 bits per heavy atom. The Bertz CT molecular complexity index is 428. The summed E-state index contributed by atoms with van der Waals surface area (Å²) < 4.78 is 0.978. The Kier molecular flexibility index (Phi) is 4.78. The van der Waals surface area contributed by atoms with Gasteiger partial charge in [-0.1, -0.05) is 28.4 Å². The molecule has 0 radical (unpaired) electrons. The quantitative estimate of drug-likeness (QED) is 0.901. The smallest absolute Gasteiger partial charge is 0.251 e. The first-order valence-electron chi connectivity index (χ1n) is 6.45. The van der Waals surface area contributed by atoms with Crippen molar-refractivity contribution < 1.29 is 4.79 Å². The summed E-state index contributed by atoms with van der Waals surface area (Å²) in [5, 5.41) is 6.44. The molecule has 18 heavy (non-hydrogen) atoms. The summed E-state index contributed by atoms with van der Waals surface area (Å²) in [6.07, 6.45) is 3.65. The average molecular weight is 311 g/mol. The molecule has 1 aromatic rings. The molecule has 1 unspecified atom stereocenters. The van der Waals surface area contributed by atoms with Crippen molar-refractivity contribution in [1.82, 2.24) is 10.6 Å². The normalized spacial score (nSPS) is 19.6. The van der Waals surface area contributed by atoms with Gasteiger partial charge in [-0.3, -0.25) is 4.79 Å². The van der Waals surface area contributed by atoms with Crippen LogP contribution in [0.5, 0.6) is 0 Å². The first-order valence-corrected chi connectivity index (χ1v) is 7.24. The summed E-state index contributed by atoms with van der Waals surface area (Å²) in [4.78, 5) is 12.1. The number of amides is 1. The SMILES string of the molecule is Cc1c(Br)cccc1C(=O)NCC1CCCCN1. The summed E-state index contributed by atoms with van der Waals surface area (Å²) in [5.74, 6) is 0.0150. The molecule has 0 aliphatic carbocycles. The van der Waals surface area contributed by atoms with Crippen LogP contribution in [0, 0.1) is 6.92 Å². The minimum Gasteiger partial charge on any atom is -0.350 e. The Balaban J connectivity index is 1.93. The number of nitrogens with one attached hydrogen (secondary N) is 2. The van der Waals surface area contributed by atoms with Crippen molar-refractivity contribution in [2.24, 2.45) is 0 Å². The number of carbonyl (C=O) groups is 1. The fourth-order valence-corrected chi connectivity index (χ4v) is 2.63. The van der Waals surface area contributed by atoms with Gasteiger partial charge in [0.05, 0.1) is 0 Å². The van der Waals surface area contributed by atoms with Crippen molar-refractivity contribution in [3.8, 4) is 0 Å². The van der Waals surface area contributed by atoms with Crippen molar-refractivity contribution in [3.05, 3.63) is 33.8 Å². The van der Waals surface area contributed by atoms with Crippen LogP contribution >= 0.6 is 15.9 Å². The maximum absolute atomic E-state index is 12.1. The Morgan fingerprint density at radius 3 is 3.06 bits per heavy atom. The molecule has 0 saturated carbocycles. The molecule has 2 rings (SSSR count). The topological polar surface area (TPSA) is 41.1 Å². The molecule has 0 spiro atoms. The van der Waals surface area contributed by atoms with E-state index >= 15 is 0 Å². The van der Waals surface area contributed by atoms with E-state index in [1.807, 2.05) is 25.1 Å². The fraction of sp³-hybridized carbons (Fsp3) is 0.500. The number of piperidine rings is 1. The second-order valence-electron chi connectivity index (χ2n) is 4.77. The monoisotopic (exact) mass is 310 g/mol. The van der Waals surface area contributed by atoms with Gasteiger partial charge in [0.1, 0.15) is 0 Å². The lowest BCUT2D eigenvalue weighted by molar-refractivity contribution is 0.0947. The summed E-state index contributed by atoms with van der Waals surface area (Å²) >= 11 is 3.45. The zero-order chi connectivity index (χ0) is 13.0. The van der Waals surface area contributed by atoms with E-state index in [1.54, 1.807) is 0 Å². The van der Waals surface area contributed by atoms with Gasteiger partial charge in [-0.05, 0) is 44.0 Å². The lowest BCUT2D eigenvalue weighted by Crippen LogP contribution is -2.43. The second-order valence-corrected chi connectivity index (χ2v) is 5.62. The molecule has 4 heteroatoms. The van der Waals surface area contributed by atoms with Gasteiger partial charge >= 0.3 is 0 Å². The Morgan fingerprint density at radius 1 is 1.50 bits per heavy atom. The highest BCUT2D eigenvalue weighted by molar-refractivity contribution is 9.10. The van der Waals surface area contributed by atoms with Gasteiger partial charge in [0.25, 0.3) is 5.91 Å². The molecule has 1 aliphatic heterocycles. The first-order chi connectivity index (χ1) is 8.68. The van der Waals surface area contributed by atoms with E-state index in [0.717, 1.165) is 28.6 Å². The maximum Gasteiger partial charge on any atom is 0.251 e. The molecule has 1 amide bonds. The van der Waals surface area contributed by atoms with Crippen molar-refractivity contribution >= 4 is 21.8 Å². The lowest BCUT2D eigenvalue weighted by atomic mass is 10.0. The molecule has 1 saturated heterocycles. The van der Waals surface area contributed by atoms with E-state index in [4.69, 9.17) is 0 Å². The van der Waals surface area contributed by atoms with Gasteiger partial charge in [-0.15, -0.1) is 0 Å². The third-order valence-corrected chi connectivity index (χ3v) is 4.29. The lowest BCUT2D eigenvalue weighted by Gasteiger charge is -2.23. The number of hydrogen-bond donors (Lipinski definition) is 2. The van der Waals surface area contributed by atoms with Crippen LogP contribution in [-0.2, 0) is 0 Å². The highest BCUT2D eigenvalue weighted by Crippen LogP contribution is 2.19. The van der Waals surface area contributed by atoms with Gasteiger partial charge in [-0.25, -0.2) is 0 Å². The minimum atomic E-state index is 0.0150. The predicted octanol–water partition coefficient (Wildman–Crippen LogP) is 2.63. The maximum atomic E-state index is 12.1. The van der Waals surface area contributed by atoms with Gasteiger partial charge in [0.2, 0.25) is 0 Å². The van der Waals surface area contributed by atoms with Gasteiger partial charge in [0, 0.05) is 22.6 Å². The van der Waals surface area contributed by atoms with Crippen molar-refractivity contribution in [2.45, 2.75) is 32.2 Å². The van der Waals surface area contributed by atoms with Crippen LogP contribution in [0.2, 0.25) is 0 Å². The molecule has 1 aromatic carbocycles. The van der Waals surface area contributed by atoms with E-state index in [2.05, 4.69) is 26.6 Å². The van der Waals surface area contributed by atoms with E-state index in [1.165, 1.54) is 12.8 Å². The van der Waals surface area contributed by atoms with Gasteiger partial charge < -0.3 is 10.6 Å². The average Bonchev–Trinajstić information content (AvgIpc) is 2.40. The van der Waals surface area contributed by atoms with Crippen LogP contribution in [0.3, 0.4) is 0 Å². The van der Waals surface area contributed by atoms with Gasteiger partial charge in [-0.2, -0.15) is 0 Å². The standard InChI is InChI=1S/C14H19BrN2O/c1-10-12(6-4-7-13(10)15)14(18)17-9-11-5-2-3-8-16-11/h4,6-7,11,16H,2-3,5,8-9H2,1H3,(H,17,18). The number of rotatable bonds is 3. The molecule has 0 bridgehead atoms. The second kappa shape index (κ2) is 6.34. The van der Waals surface area contributed by atoms with E-state index in [9.17, 15) is 4.79 Å². The van der Waals surface area contributed by atoms with Crippen LogP contribution in [0.4, 0.5) is 0 Å². The number of halogens is 1. The highest BCUT2D eigenvalue weighted by Gasteiger charge is 2.15. The molecule has 0 aromatic heterocycles. The van der Waals surface area contributed by atoms with Crippen LogP contribution < -0.4 is 10.6 Å². The summed E-state index contributed by atoms with van der Waals surface area (Å²) in [6, 6.07) is 6.14. The van der Waals surface area contributed by atoms with Gasteiger partial charge in [0.15, 0.2) is 0 Å². The molecule has 1 fully saturated rings. The van der Waals surface area contributed by atoms with Crippen molar-refractivity contribution in [2.75, 3.05) is 13.1 Å². The van der Waals surface area contributed by atoms with Crippen molar-refractivity contribution in [1.29, 1.82) is 0 Å². The fourth-order valence-electron chi connectivity index (χ4n) is 2.26. The molecule has 98 valence electrons. The highest BCUT2D eigenvalue weighted by atomic mass is 79.9. The molecule has 1 heterocycles. The third-order valence-electron chi connectivity index (χ3n) is 3.43. The van der Waals surface area contributed by atoms with E-state index in [0.29, 0.717) is 12.6 Å². The van der Waals surface area contributed by atoms with E-state index < -0.39 is 0 Å². The summed E-state index contributed by atoms with van der Waals surface area (Å²) in [5.41, 5.74) is 1.74. The molecule has 1 aliphatic rings. The number of carbonyl (C=O) groups excluding carboxylic acids is 1. The van der Waals surface area contributed by atoms with Crippen LogP contribution in [0.15, 0.2) is 22.7 Å². The number of benzene rings is 1. The third kappa shape index (κ3) is 3.33. The Labute approximate surface area is 116 Å². The van der Waals surface area contributed by atoms with Crippen LogP contribution in [0.25, 0.3) is 0 Å². The molecular formula is C14H19BrN2O. The minimum absolute atomic E-state index is 0.0150. The molecule has 2 N–H and O–H groups in total. The van der Waals surface area contributed by atoms with Crippen molar-refractivity contribution in [3.63, 3.8) is 0 Å². The molecule has 1 atom stereocenters. The zero-order valence-corrected chi connectivity index (χ0v) is 12.2. The molecular weight excluding hydrogens is 292 g/mol. The Hall–Kier alpha value is -0.870. The largest absolute Gasteiger partial charge is 0.350 e. The molecule has 3 nitrogen and oxygen atoms in total. The van der Waals surface area contributed by atoms with Crippen LogP contribution in [-0.4, -0.2) is 25.0 Å². The summed E-state index contributed by atoms with van der Waals surface area (Å²) in [7, 11) is 0. The zero-order valence-electron chi connectivity index (χ0n) is 10.6.